The summed E-state index contributed by atoms with van der Waals surface area (Å²) in [5, 5.41) is 9.61. The van der Waals surface area contributed by atoms with Crippen LogP contribution < -0.4 is 4.52 Å². The zero-order valence-electron chi connectivity index (χ0n) is 8.14. The van der Waals surface area contributed by atoms with Gasteiger partial charge in [0.05, 0.1) is 16.8 Å². The van der Waals surface area contributed by atoms with E-state index in [1.54, 1.807) is 29.2 Å². The molecule has 15 heavy (non-hydrogen) atoms. The largest absolute Gasteiger partial charge is 0.476 e. The molecule has 0 atom stereocenters. The quantitative estimate of drug-likeness (QED) is 0.787. The number of hydrogen-bond acceptors (Lipinski definition) is 1. The van der Waals surface area contributed by atoms with Crippen molar-refractivity contribution in [3.05, 3.63) is 40.9 Å². The molecule has 0 amide bonds. The van der Waals surface area contributed by atoms with Crippen molar-refractivity contribution >= 4 is 17.6 Å². The van der Waals surface area contributed by atoms with Gasteiger partial charge in [0.1, 0.15) is 0 Å². The smallest absolute Gasteiger partial charge is 0.359 e. The maximum absolute atomic E-state index is 11.1. The lowest BCUT2D eigenvalue weighted by atomic mass is 10.2. The Morgan fingerprint density at radius 2 is 2.40 bits per heavy atom. The zero-order valence-corrected chi connectivity index (χ0v) is 8.90. The number of fused-ring (bicyclic) bond motifs is 1. The molecule has 1 N–H and O–H groups in total. The van der Waals surface area contributed by atoms with Crippen molar-refractivity contribution in [2.75, 3.05) is 0 Å². The molecule has 0 bridgehead atoms. The van der Waals surface area contributed by atoms with Crippen molar-refractivity contribution in [2.24, 2.45) is 0 Å². The molecule has 2 aromatic heterocycles. The van der Waals surface area contributed by atoms with Gasteiger partial charge in [0.25, 0.3) is 0 Å². The third kappa shape index (κ3) is 1.57. The van der Waals surface area contributed by atoms with E-state index in [0.717, 1.165) is 5.56 Å². The van der Waals surface area contributed by atoms with Gasteiger partial charge >= 0.3 is 5.97 Å². The molecule has 78 valence electrons. The monoisotopic (exact) mass is 225 g/mol. The average Bonchev–Trinajstić information content (AvgIpc) is 2.55. The van der Waals surface area contributed by atoms with Crippen molar-refractivity contribution in [2.45, 2.75) is 13.3 Å². The van der Waals surface area contributed by atoms with Crippen LogP contribution in [0.2, 0.25) is 5.02 Å². The van der Waals surface area contributed by atoms with E-state index in [-0.39, 0.29) is 5.69 Å². The average molecular weight is 226 g/mol. The minimum Gasteiger partial charge on any atom is -0.476 e. The molecule has 0 saturated carbocycles. The summed E-state index contributed by atoms with van der Waals surface area (Å²) in [6.07, 6.45) is 5.78. The fourth-order valence-corrected chi connectivity index (χ4v) is 1.74. The van der Waals surface area contributed by atoms with Crippen LogP contribution in [0.3, 0.4) is 0 Å². The lowest BCUT2D eigenvalue weighted by Crippen LogP contribution is -2.28. The summed E-state index contributed by atoms with van der Waals surface area (Å²) in [5.74, 6) is -0.943. The minimum atomic E-state index is -0.943. The molecule has 0 saturated heterocycles. The SMILES string of the molecule is CCc1c[n+]2ccc(Cl)cn2c1C(=O)O. The highest BCUT2D eigenvalue weighted by molar-refractivity contribution is 6.30. The second-order valence-corrected chi connectivity index (χ2v) is 3.65. The van der Waals surface area contributed by atoms with E-state index in [2.05, 4.69) is 0 Å². The van der Waals surface area contributed by atoms with E-state index in [9.17, 15) is 4.79 Å². The van der Waals surface area contributed by atoms with Gasteiger partial charge in [-0.25, -0.2) is 4.79 Å². The normalized spacial score (nSPS) is 10.8. The number of aryl methyl sites for hydroxylation is 1. The second-order valence-electron chi connectivity index (χ2n) is 3.22. The third-order valence-electron chi connectivity index (χ3n) is 2.29. The van der Waals surface area contributed by atoms with E-state index in [4.69, 9.17) is 16.7 Å². The van der Waals surface area contributed by atoms with E-state index in [1.165, 1.54) is 4.52 Å². The Hall–Kier alpha value is -1.55. The first-order valence-corrected chi connectivity index (χ1v) is 4.95. The Morgan fingerprint density at radius 3 is 3.00 bits per heavy atom. The summed E-state index contributed by atoms with van der Waals surface area (Å²) in [5.41, 5.74) is 1.05. The summed E-state index contributed by atoms with van der Waals surface area (Å²) in [6, 6.07) is 1.71. The molecule has 0 aliphatic carbocycles. The predicted molar refractivity (Wildman–Crippen MR) is 54.4 cm³/mol. The molecule has 2 aromatic rings. The highest BCUT2D eigenvalue weighted by atomic mass is 35.5. The number of aromatic nitrogens is 2. The summed E-state index contributed by atoms with van der Waals surface area (Å²) in [6.45, 7) is 1.92. The molecular formula is C10H10ClN2O2+. The van der Waals surface area contributed by atoms with Gasteiger partial charge in [-0.15, -0.1) is 4.52 Å². The number of carboxylic acids is 1. The Morgan fingerprint density at radius 1 is 1.67 bits per heavy atom. The molecule has 0 aromatic carbocycles. The van der Waals surface area contributed by atoms with Crippen LogP contribution >= 0.6 is 11.6 Å². The minimum absolute atomic E-state index is 0.264. The standard InChI is InChI=1S/C10H9ClN2O2/c1-2-7-5-12-4-3-8(11)6-13(12)9(7)10(14)15/h3-6H,2H2,1H3/p+1. The first-order valence-electron chi connectivity index (χ1n) is 4.57. The van der Waals surface area contributed by atoms with Crippen LogP contribution in [0.25, 0.3) is 0 Å². The van der Waals surface area contributed by atoms with E-state index in [1.807, 2.05) is 6.92 Å². The van der Waals surface area contributed by atoms with Gasteiger partial charge < -0.3 is 5.11 Å². The van der Waals surface area contributed by atoms with Gasteiger partial charge in [0.15, 0.2) is 5.69 Å². The van der Waals surface area contributed by atoms with Crippen LogP contribution in [0.4, 0.5) is 0 Å². The maximum Gasteiger partial charge on any atom is 0.359 e. The Kier molecular flexibility index (Phi) is 2.36. The molecule has 0 unspecified atom stereocenters. The lowest BCUT2D eigenvalue weighted by Gasteiger charge is -1.93. The van der Waals surface area contributed by atoms with E-state index in [0.29, 0.717) is 11.4 Å². The molecule has 4 nitrogen and oxygen atoms in total. The molecule has 5 heteroatoms. The third-order valence-corrected chi connectivity index (χ3v) is 2.51. The first kappa shape index (κ1) is 9.98. The van der Waals surface area contributed by atoms with Crippen molar-refractivity contribution < 1.29 is 14.4 Å². The molecule has 2 heterocycles. The summed E-state index contributed by atoms with van der Waals surface area (Å²) in [4.78, 5) is 11.1. The van der Waals surface area contributed by atoms with Crippen LogP contribution in [0.5, 0.6) is 0 Å². The number of halogens is 1. The van der Waals surface area contributed by atoms with Gasteiger partial charge in [-0.1, -0.05) is 23.0 Å². The highest BCUT2D eigenvalue weighted by Crippen LogP contribution is 2.10. The zero-order chi connectivity index (χ0) is 11.0. The van der Waals surface area contributed by atoms with Crippen LogP contribution in [-0.4, -0.2) is 15.6 Å². The van der Waals surface area contributed by atoms with Crippen molar-refractivity contribution in [1.82, 2.24) is 4.52 Å². The number of carboxylic acid groups (broad SMARTS) is 1. The predicted octanol–water partition coefficient (Wildman–Crippen LogP) is 1.44. The Labute approximate surface area is 91.3 Å². The van der Waals surface area contributed by atoms with Crippen molar-refractivity contribution in [3.63, 3.8) is 0 Å². The molecule has 0 aliphatic rings. The molecule has 0 radical (unpaired) electrons. The molecule has 2 rings (SSSR count). The van der Waals surface area contributed by atoms with Crippen molar-refractivity contribution in [1.29, 1.82) is 0 Å². The second kappa shape index (κ2) is 3.55. The number of nitrogens with zero attached hydrogens (tertiary/aromatic N) is 2. The van der Waals surface area contributed by atoms with Gasteiger partial charge in [-0.05, 0) is 6.42 Å². The van der Waals surface area contributed by atoms with Crippen LogP contribution in [-0.2, 0) is 6.42 Å². The fraction of sp³-hybridized carbons (Fsp3) is 0.200. The number of hydrogen-bond donors (Lipinski definition) is 1. The molecular weight excluding hydrogens is 216 g/mol. The summed E-state index contributed by atoms with van der Waals surface area (Å²) in [7, 11) is 0. The Bertz CT molecular complexity index is 533. The van der Waals surface area contributed by atoms with Crippen LogP contribution in [0.1, 0.15) is 23.0 Å². The molecule has 0 aliphatic heterocycles. The number of rotatable bonds is 2. The highest BCUT2D eigenvalue weighted by Gasteiger charge is 2.21. The number of aromatic carboxylic acids is 1. The first-order chi connectivity index (χ1) is 7.13. The maximum atomic E-state index is 11.1. The lowest BCUT2D eigenvalue weighted by molar-refractivity contribution is -0.618. The van der Waals surface area contributed by atoms with Gasteiger partial charge in [0.2, 0.25) is 12.4 Å². The molecule has 0 fully saturated rings. The number of carbonyl (C=O) groups is 1. The van der Waals surface area contributed by atoms with Crippen LogP contribution in [0, 0.1) is 0 Å². The molecule has 0 spiro atoms. The van der Waals surface area contributed by atoms with Gasteiger partial charge in [0, 0.05) is 6.07 Å². The van der Waals surface area contributed by atoms with E-state index >= 15 is 0 Å². The summed E-state index contributed by atoms with van der Waals surface area (Å²) >= 11 is 5.82. The topological polar surface area (TPSA) is 45.8 Å². The van der Waals surface area contributed by atoms with Crippen molar-refractivity contribution in [3.8, 4) is 0 Å². The van der Waals surface area contributed by atoms with Crippen LogP contribution in [0.15, 0.2) is 24.7 Å². The Balaban J connectivity index is 2.82. The van der Waals surface area contributed by atoms with E-state index < -0.39 is 5.97 Å². The van der Waals surface area contributed by atoms with Gasteiger partial charge in [-0.2, -0.15) is 0 Å². The van der Waals surface area contributed by atoms with Gasteiger partial charge in [-0.3, -0.25) is 0 Å². The fourth-order valence-electron chi connectivity index (χ4n) is 1.59. The summed E-state index contributed by atoms with van der Waals surface area (Å²) < 4.78 is 3.23.